The van der Waals surface area contributed by atoms with Crippen LogP contribution in [0.25, 0.3) is 0 Å². The van der Waals surface area contributed by atoms with E-state index in [0.717, 1.165) is 18.8 Å². The minimum absolute atomic E-state index is 0.0367. The van der Waals surface area contributed by atoms with Gasteiger partial charge in [-0.25, -0.2) is 4.79 Å². The number of nitrogens with one attached hydrogen (secondary N) is 2. The minimum Gasteiger partial charge on any atom is -0.493 e. The van der Waals surface area contributed by atoms with Crippen LogP contribution in [0.3, 0.4) is 0 Å². The van der Waals surface area contributed by atoms with Gasteiger partial charge in [-0.05, 0) is 57.7 Å². The second kappa shape index (κ2) is 11.9. The maximum absolute atomic E-state index is 13.0. The molecule has 0 aromatic heterocycles. The van der Waals surface area contributed by atoms with Gasteiger partial charge in [-0.15, -0.1) is 0 Å². The predicted molar refractivity (Wildman–Crippen MR) is 129 cm³/mol. The first-order valence-corrected chi connectivity index (χ1v) is 12.1. The van der Waals surface area contributed by atoms with Crippen LogP contribution in [0.4, 0.5) is 4.79 Å². The Bertz CT molecular complexity index is 916. The van der Waals surface area contributed by atoms with E-state index in [1.807, 2.05) is 12.1 Å². The lowest BCUT2D eigenvalue weighted by molar-refractivity contribution is -0.144. The number of aryl methyl sites for hydroxylation is 1. The molecule has 3 unspecified atom stereocenters. The molecule has 2 saturated heterocycles. The minimum atomic E-state index is -0.974. The van der Waals surface area contributed by atoms with Crippen molar-refractivity contribution in [2.45, 2.75) is 63.2 Å². The van der Waals surface area contributed by atoms with Gasteiger partial charge in [0.2, 0.25) is 17.7 Å². The highest BCUT2D eigenvalue weighted by Crippen LogP contribution is 2.29. The van der Waals surface area contributed by atoms with Crippen molar-refractivity contribution in [2.75, 3.05) is 26.7 Å². The summed E-state index contributed by atoms with van der Waals surface area (Å²) in [6.07, 6.45) is 3.97. The van der Waals surface area contributed by atoms with Crippen molar-refractivity contribution in [2.24, 2.45) is 11.5 Å². The van der Waals surface area contributed by atoms with E-state index < -0.39 is 36.0 Å². The molecule has 11 heteroatoms. The number of fused-ring (bicyclic) bond motifs is 2. The van der Waals surface area contributed by atoms with Crippen molar-refractivity contribution in [3.8, 4) is 5.75 Å². The van der Waals surface area contributed by atoms with Crippen LogP contribution in [-0.4, -0.2) is 84.5 Å². The van der Waals surface area contributed by atoms with Gasteiger partial charge < -0.3 is 36.6 Å². The number of ether oxygens (including phenoxy) is 1. The molecule has 11 nitrogen and oxygen atoms in total. The summed E-state index contributed by atoms with van der Waals surface area (Å²) in [6.45, 7) is 2.85. The first-order valence-electron chi connectivity index (χ1n) is 12.1. The summed E-state index contributed by atoms with van der Waals surface area (Å²) < 4.78 is 5.42. The number of benzene rings is 1. The van der Waals surface area contributed by atoms with E-state index >= 15 is 0 Å². The van der Waals surface area contributed by atoms with E-state index in [2.05, 4.69) is 22.8 Å². The summed E-state index contributed by atoms with van der Waals surface area (Å²) in [4.78, 5) is 51.4. The van der Waals surface area contributed by atoms with Crippen molar-refractivity contribution >= 4 is 23.8 Å². The van der Waals surface area contributed by atoms with Crippen LogP contribution in [-0.2, 0) is 20.8 Å². The molecule has 3 aliphatic rings. The summed E-state index contributed by atoms with van der Waals surface area (Å²) in [6, 6.07) is 5.24. The summed E-state index contributed by atoms with van der Waals surface area (Å²) in [5.74, 6) is -0.267. The molecule has 4 atom stereocenters. The van der Waals surface area contributed by atoms with Gasteiger partial charge in [-0.2, -0.15) is 0 Å². The van der Waals surface area contributed by atoms with Crippen molar-refractivity contribution < 1.29 is 23.9 Å². The molecule has 5 amide bonds. The normalized spacial score (nSPS) is 24.4. The third kappa shape index (κ3) is 6.41. The molecule has 6 N–H and O–H groups in total. The highest BCUT2D eigenvalue weighted by molar-refractivity contribution is 5.93. The summed E-state index contributed by atoms with van der Waals surface area (Å²) in [5, 5.41) is 5.44. The van der Waals surface area contributed by atoms with E-state index in [1.54, 1.807) is 14.0 Å². The number of carbonyl (C=O) groups is 4. The topological polar surface area (TPSA) is 160 Å². The molecule has 0 bridgehead atoms. The molecule has 0 spiro atoms. The SMILES string of the molecule is CN[C@@H](C)C(=O)NC1CN(C(N)=O)CCC2CCC(C(N)=O)N2C1=O.c1ccc2c(c1)CCCO2. The van der Waals surface area contributed by atoms with Crippen molar-refractivity contribution in [1.29, 1.82) is 0 Å². The molecule has 1 aromatic rings. The molecular formula is C24H36N6O5. The standard InChI is InChI=1S/C15H26N6O4.C9H10O/c1-8(18-2)13(23)19-10-7-20(15(17)25)6-5-9-3-4-11(12(16)22)21(9)14(10)24;1-2-6-9-8(4-1)5-3-7-10-9/h8-11,18H,3-7H2,1-2H3,(H2,16,22)(H2,17,25)(H,19,23);1-2,4,6H,3,5,7H2/t8-,9?,10?,11?;/m0./s1. The Morgan fingerprint density at radius 3 is 2.54 bits per heavy atom. The molecule has 192 valence electrons. The fraction of sp³-hybridized carbons (Fsp3) is 0.583. The summed E-state index contributed by atoms with van der Waals surface area (Å²) >= 11 is 0. The zero-order valence-corrected chi connectivity index (χ0v) is 20.4. The Morgan fingerprint density at radius 1 is 1.14 bits per heavy atom. The predicted octanol–water partition coefficient (Wildman–Crippen LogP) is -0.280. The molecule has 0 saturated carbocycles. The smallest absolute Gasteiger partial charge is 0.314 e. The van der Waals surface area contributed by atoms with Gasteiger partial charge in [0.15, 0.2) is 0 Å². The van der Waals surface area contributed by atoms with Crippen LogP contribution in [0.15, 0.2) is 24.3 Å². The number of nitrogens with two attached hydrogens (primary N) is 2. The number of rotatable bonds is 4. The fourth-order valence-corrected chi connectivity index (χ4v) is 4.69. The van der Waals surface area contributed by atoms with Crippen molar-refractivity contribution in [3.63, 3.8) is 0 Å². The number of carbonyl (C=O) groups excluding carboxylic acids is 4. The van der Waals surface area contributed by atoms with E-state index in [4.69, 9.17) is 16.2 Å². The molecule has 4 rings (SSSR count). The van der Waals surface area contributed by atoms with Crippen LogP contribution in [0, 0.1) is 0 Å². The second-order valence-electron chi connectivity index (χ2n) is 9.10. The van der Waals surface area contributed by atoms with Gasteiger partial charge in [0.05, 0.1) is 19.2 Å². The van der Waals surface area contributed by atoms with Gasteiger partial charge in [-0.1, -0.05) is 18.2 Å². The summed E-state index contributed by atoms with van der Waals surface area (Å²) in [7, 11) is 1.62. The number of amides is 5. The third-order valence-electron chi connectivity index (χ3n) is 6.79. The Balaban J connectivity index is 0.000000281. The average molecular weight is 489 g/mol. The molecule has 3 heterocycles. The zero-order valence-electron chi connectivity index (χ0n) is 20.4. The maximum Gasteiger partial charge on any atom is 0.314 e. The Hall–Kier alpha value is -3.34. The molecule has 0 radical (unpaired) electrons. The van der Waals surface area contributed by atoms with Gasteiger partial charge in [-0.3, -0.25) is 14.4 Å². The largest absolute Gasteiger partial charge is 0.493 e. The Kier molecular flexibility index (Phi) is 8.91. The number of primary amides is 2. The van der Waals surface area contributed by atoms with Crippen LogP contribution >= 0.6 is 0 Å². The van der Waals surface area contributed by atoms with E-state index in [9.17, 15) is 19.2 Å². The number of urea groups is 1. The molecule has 0 aliphatic carbocycles. The lowest BCUT2D eigenvalue weighted by Crippen LogP contribution is -2.62. The molecule has 3 aliphatic heterocycles. The number of hydrogen-bond donors (Lipinski definition) is 4. The average Bonchev–Trinajstić information content (AvgIpc) is 3.28. The number of para-hydroxylation sites is 1. The first kappa shape index (κ1) is 26.3. The second-order valence-corrected chi connectivity index (χ2v) is 9.10. The molecule has 2 fully saturated rings. The van der Waals surface area contributed by atoms with Crippen LogP contribution in [0.2, 0.25) is 0 Å². The van der Waals surface area contributed by atoms with Gasteiger partial charge >= 0.3 is 6.03 Å². The Labute approximate surface area is 205 Å². The monoisotopic (exact) mass is 488 g/mol. The summed E-state index contributed by atoms with van der Waals surface area (Å²) in [5.41, 5.74) is 12.2. The zero-order chi connectivity index (χ0) is 25.5. The highest BCUT2D eigenvalue weighted by atomic mass is 16.5. The van der Waals surface area contributed by atoms with E-state index in [0.29, 0.717) is 25.8 Å². The molecular weight excluding hydrogens is 452 g/mol. The van der Waals surface area contributed by atoms with Gasteiger partial charge in [0.25, 0.3) is 0 Å². The lowest BCUT2D eigenvalue weighted by Gasteiger charge is -2.38. The van der Waals surface area contributed by atoms with Crippen molar-refractivity contribution in [3.05, 3.63) is 29.8 Å². The quantitative estimate of drug-likeness (QED) is 0.456. The van der Waals surface area contributed by atoms with E-state index in [1.165, 1.54) is 21.8 Å². The van der Waals surface area contributed by atoms with Gasteiger partial charge in [0, 0.05) is 12.6 Å². The van der Waals surface area contributed by atoms with Crippen LogP contribution in [0.5, 0.6) is 5.75 Å². The van der Waals surface area contributed by atoms with Crippen LogP contribution in [0.1, 0.15) is 38.2 Å². The molecule has 1 aromatic carbocycles. The highest BCUT2D eigenvalue weighted by Gasteiger charge is 2.44. The number of hydrogen-bond acceptors (Lipinski definition) is 6. The fourth-order valence-electron chi connectivity index (χ4n) is 4.69. The maximum atomic E-state index is 13.0. The molecule has 35 heavy (non-hydrogen) atoms. The number of nitrogens with zero attached hydrogens (tertiary/aromatic N) is 2. The third-order valence-corrected chi connectivity index (χ3v) is 6.79. The van der Waals surface area contributed by atoms with Crippen molar-refractivity contribution in [1.82, 2.24) is 20.4 Å². The van der Waals surface area contributed by atoms with E-state index in [-0.39, 0.29) is 18.5 Å². The van der Waals surface area contributed by atoms with Gasteiger partial charge in [0.1, 0.15) is 17.8 Å². The Morgan fingerprint density at radius 2 is 1.89 bits per heavy atom. The van der Waals surface area contributed by atoms with Crippen LogP contribution < -0.4 is 26.8 Å². The first-order chi connectivity index (χ1) is 16.7. The number of likely N-dealkylation sites (N-methyl/N-ethyl adjacent to an activating group) is 1. The lowest BCUT2D eigenvalue weighted by atomic mass is 10.1.